The van der Waals surface area contributed by atoms with Crippen molar-refractivity contribution in [3.63, 3.8) is 0 Å². The van der Waals surface area contributed by atoms with E-state index in [-0.39, 0.29) is 12.4 Å². The molecule has 124 valence electrons. The second kappa shape index (κ2) is 10.4. The molecule has 1 unspecified atom stereocenters. The fourth-order valence-corrected chi connectivity index (χ4v) is 2.41. The zero-order valence-corrected chi connectivity index (χ0v) is 14.0. The van der Waals surface area contributed by atoms with Crippen LogP contribution >= 0.6 is 0 Å². The van der Waals surface area contributed by atoms with Gasteiger partial charge in [-0.3, -0.25) is 4.79 Å². The molecule has 0 saturated heterocycles. The maximum Gasteiger partial charge on any atom is 0.162 e. The molecule has 22 heavy (non-hydrogen) atoms. The van der Waals surface area contributed by atoms with Gasteiger partial charge in [-0.2, -0.15) is 0 Å². The zero-order chi connectivity index (χ0) is 16.4. The highest BCUT2D eigenvalue weighted by atomic mass is 16.5. The first-order valence-electron chi connectivity index (χ1n) is 8.27. The second-order valence-corrected chi connectivity index (χ2v) is 5.57. The summed E-state index contributed by atoms with van der Waals surface area (Å²) in [6, 6.07) is 7.11. The van der Waals surface area contributed by atoms with Crippen LogP contribution in [-0.2, 0) is 0 Å². The summed E-state index contributed by atoms with van der Waals surface area (Å²) >= 11 is 0. The van der Waals surface area contributed by atoms with Gasteiger partial charge in [-0.1, -0.05) is 20.8 Å². The number of nitrogens with zero attached hydrogens (tertiary/aromatic N) is 1. The molecule has 0 aliphatic carbocycles. The van der Waals surface area contributed by atoms with Crippen LogP contribution in [0.25, 0.3) is 0 Å². The number of benzene rings is 1. The van der Waals surface area contributed by atoms with E-state index in [1.807, 2.05) is 6.92 Å². The van der Waals surface area contributed by atoms with Gasteiger partial charge in [-0.25, -0.2) is 0 Å². The molecule has 1 aromatic rings. The molecule has 0 saturated carbocycles. The largest absolute Gasteiger partial charge is 0.491 e. The molecule has 0 heterocycles. The topological polar surface area (TPSA) is 49.8 Å². The number of hydrogen-bond donors (Lipinski definition) is 1. The number of hydrogen-bond acceptors (Lipinski definition) is 4. The Morgan fingerprint density at radius 1 is 1.14 bits per heavy atom. The van der Waals surface area contributed by atoms with Gasteiger partial charge in [0.25, 0.3) is 0 Å². The van der Waals surface area contributed by atoms with Crippen molar-refractivity contribution in [3.8, 4) is 5.75 Å². The summed E-state index contributed by atoms with van der Waals surface area (Å²) in [7, 11) is 0. The van der Waals surface area contributed by atoms with E-state index in [9.17, 15) is 9.90 Å². The van der Waals surface area contributed by atoms with Crippen molar-refractivity contribution in [2.45, 2.75) is 46.1 Å². The van der Waals surface area contributed by atoms with Crippen molar-refractivity contribution >= 4 is 5.78 Å². The summed E-state index contributed by atoms with van der Waals surface area (Å²) in [6.45, 7) is 9.04. The minimum absolute atomic E-state index is 0.126. The van der Waals surface area contributed by atoms with Gasteiger partial charge in [0.2, 0.25) is 0 Å². The van der Waals surface area contributed by atoms with Crippen LogP contribution in [0, 0.1) is 0 Å². The Balaban J connectivity index is 2.42. The lowest BCUT2D eigenvalue weighted by molar-refractivity contribution is 0.0681. The highest BCUT2D eigenvalue weighted by molar-refractivity contribution is 5.95. The quantitative estimate of drug-likeness (QED) is 0.638. The monoisotopic (exact) mass is 307 g/mol. The second-order valence-electron chi connectivity index (χ2n) is 5.57. The van der Waals surface area contributed by atoms with Crippen LogP contribution in [0.15, 0.2) is 24.3 Å². The Morgan fingerprint density at radius 2 is 1.73 bits per heavy atom. The Labute approximate surface area is 134 Å². The molecule has 0 aliphatic heterocycles. The molecule has 0 aliphatic rings. The van der Waals surface area contributed by atoms with Crippen molar-refractivity contribution in [3.05, 3.63) is 29.8 Å². The van der Waals surface area contributed by atoms with Crippen LogP contribution in [0.4, 0.5) is 0 Å². The molecular formula is C18H29NO3. The number of aliphatic hydroxyl groups excluding tert-OH is 1. The van der Waals surface area contributed by atoms with Gasteiger partial charge in [0.1, 0.15) is 18.5 Å². The first-order valence-corrected chi connectivity index (χ1v) is 8.27. The fraction of sp³-hybridized carbons (Fsp3) is 0.611. The minimum Gasteiger partial charge on any atom is -0.491 e. The van der Waals surface area contributed by atoms with E-state index in [0.29, 0.717) is 24.3 Å². The lowest BCUT2D eigenvalue weighted by Gasteiger charge is -2.24. The van der Waals surface area contributed by atoms with E-state index < -0.39 is 6.10 Å². The summed E-state index contributed by atoms with van der Waals surface area (Å²) in [4.78, 5) is 13.8. The third-order valence-corrected chi connectivity index (χ3v) is 3.49. The summed E-state index contributed by atoms with van der Waals surface area (Å²) < 4.78 is 5.61. The lowest BCUT2D eigenvalue weighted by atomic mass is 10.1. The molecule has 0 spiro atoms. The van der Waals surface area contributed by atoms with E-state index in [0.717, 1.165) is 25.9 Å². The number of rotatable bonds is 11. The normalized spacial score (nSPS) is 12.4. The number of carbonyl (C=O) groups excluding carboxylic acids is 1. The van der Waals surface area contributed by atoms with Crippen LogP contribution in [0.1, 0.15) is 50.4 Å². The Morgan fingerprint density at radius 3 is 2.23 bits per heavy atom. The highest BCUT2D eigenvalue weighted by Crippen LogP contribution is 2.14. The Kier molecular flexibility index (Phi) is 8.78. The van der Waals surface area contributed by atoms with Gasteiger partial charge in [0, 0.05) is 18.5 Å². The predicted octanol–water partition coefficient (Wildman–Crippen LogP) is 3.14. The highest BCUT2D eigenvalue weighted by Gasteiger charge is 2.11. The molecule has 1 N–H and O–H groups in total. The third-order valence-electron chi connectivity index (χ3n) is 3.49. The smallest absolute Gasteiger partial charge is 0.162 e. The van der Waals surface area contributed by atoms with Gasteiger partial charge in [-0.15, -0.1) is 0 Å². The molecule has 0 aromatic heterocycles. The van der Waals surface area contributed by atoms with E-state index >= 15 is 0 Å². The molecule has 4 heteroatoms. The van der Waals surface area contributed by atoms with Gasteiger partial charge >= 0.3 is 0 Å². The molecule has 0 bridgehead atoms. The van der Waals surface area contributed by atoms with E-state index in [1.54, 1.807) is 24.3 Å². The van der Waals surface area contributed by atoms with Gasteiger partial charge in [0.05, 0.1) is 0 Å². The first-order chi connectivity index (χ1) is 10.6. The molecule has 4 nitrogen and oxygen atoms in total. The van der Waals surface area contributed by atoms with Crippen molar-refractivity contribution in [2.75, 3.05) is 26.2 Å². The summed E-state index contributed by atoms with van der Waals surface area (Å²) in [5.74, 6) is 0.811. The molecule has 1 aromatic carbocycles. The van der Waals surface area contributed by atoms with Gasteiger partial charge in [0.15, 0.2) is 5.78 Å². The van der Waals surface area contributed by atoms with Gasteiger partial charge < -0.3 is 14.7 Å². The standard InChI is InChI=1S/C18H29NO3/c1-4-11-19(12-5-2)13-16(20)14-22-17-9-7-15(8-10-17)18(21)6-3/h7-10,16,20H,4-6,11-14H2,1-3H3. The molecular weight excluding hydrogens is 278 g/mol. The predicted molar refractivity (Wildman–Crippen MR) is 89.6 cm³/mol. The van der Waals surface area contributed by atoms with Crippen LogP contribution in [-0.4, -0.2) is 48.1 Å². The van der Waals surface area contributed by atoms with Crippen molar-refractivity contribution < 1.29 is 14.6 Å². The molecule has 0 amide bonds. The number of ether oxygens (including phenoxy) is 1. The minimum atomic E-state index is -0.505. The van der Waals surface area contributed by atoms with Crippen molar-refractivity contribution in [1.82, 2.24) is 4.90 Å². The van der Waals surface area contributed by atoms with E-state index in [1.165, 1.54) is 0 Å². The fourth-order valence-electron chi connectivity index (χ4n) is 2.41. The van der Waals surface area contributed by atoms with Crippen molar-refractivity contribution in [1.29, 1.82) is 0 Å². The number of carbonyl (C=O) groups is 1. The Bertz CT molecular complexity index is 424. The van der Waals surface area contributed by atoms with Crippen LogP contribution < -0.4 is 4.74 Å². The number of aliphatic hydroxyl groups is 1. The average molecular weight is 307 g/mol. The maximum absolute atomic E-state index is 11.5. The van der Waals surface area contributed by atoms with Crippen LogP contribution in [0.5, 0.6) is 5.75 Å². The third kappa shape index (κ3) is 6.58. The van der Waals surface area contributed by atoms with E-state index in [4.69, 9.17) is 4.74 Å². The lowest BCUT2D eigenvalue weighted by Crippen LogP contribution is -2.36. The van der Waals surface area contributed by atoms with E-state index in [2.05, 4.69) is 18.7 Å². The summed E-state index contributed by atoms with van der Waals surface area (Å²) in [5.41, 5.74) is 0.701. The molecule has 1 rings (SSSR count). The van der Waals surface area contributed by atoms with Crippen LogP contribution in [0.3, 0.4) is 0 Å². The SMILES string of the molecule is CCCN(CCC)CC(O)COc1ccc(C(=O)CC)cc1. The number of ketones is 1. The summed E-state index contributed by atoms with van der Waals surface area (Å²) in [6.07, 6.45) is 2.17. The molecule has 1 atom stereocenters. The molecule has 0 radical (unpaired) electrons. The van der Waals surface area contributed by atoms with Gasteiger partial charge in [-0.05, 0) is 50.2 Å². The van der Waals surface area contributed by atoms with Crippen LogP contribution in [0.2, 0.25) is 0 Å². The molecule has 0 fully saturated rings. The van der Waals surface area contributed by atoms with Crippen molar-refractivity contribution in [2.24, 2.45) is 0 Å². The Hall–Kier alpha value is -1.39. The average Bonchev–Trinajstić information content (AvgIpc) is 2.53. The summed E-state index contributed by atoms with van der Waals surface area (Å²) in [5, 5.41) is 10.1. The maximum atomic E-state index is 11.5. The zero-order valence-electron chi connectivity index (χ0n) is 14.0. The number of Topliss-reactive ketones (excluding diaryl/α,β-unsaturated/α-hetero) is 1. The first kappa shape index (κ1) is 18.7.